The summed E-state index contributed by atoms with van der Waals surface area (Å²) in [6, 6.07) is 9.98. The lowest BCUT2D eigenvalue weighted by molar-refractivity contribution is 0.0692. The normalized spacial score (nSPS) is 10.5. The third-order valence-corrected chi connectivity index (χ3v) is 3.96. The van der Waals surface area contributed by atoms with E-state index in [1.54, 1.807) is 36.4 Å². The number of carbonyl (C=O) groups excluding carboxylic acids is 1. The van der Waals surface area contributed by atoms with Gasteiger partial charge in [0.25, 0.3) is 5.91 Å². The maximum Gasteiger partial charge on any atom is 0.357 e. The second-order valence-corrected chi connectivity index (χ2v) is 6.07. The molecule has 26 heavy (non-hydrogen) atoms. The van der Waals surface area contributed by atoms with Crippen LogP contribution in [0.5, 0.6) is 0 Å². The van der Waals surface area contributed by atoms with Crippen molar-refractivity contribution in [2.24, 2.45) is 5.73 Å². The molecule has 4 rings (SSSR count). The molecule has 8 nitrogen and oxygen atoms in total. The van der Waals surface area contributed by atoms with Crippen molar-refractivity contribution in [3.8, 4) is 0 Å². The lowest BCUT2D eigenvalue weighted by atomic mass is 10.2. The third kappa shape index (κ3) is 3.46. The van der Waals surface area contributed by atoms with Crippen LogP contribution in [0.3, 0.4) is 0 Å². The fourth-order valence-electron chi connectivity index (χ4n) is 2.33. The van der Waals surface area contributed by atoms with Crippen molar-refractivity contribution in [2.75, 3.05) is 0 Å². The van der Waals surface area contributed by atoms with Gasteiger partial charge in [-0.25, -0.2) is 4.79 Å². The lowest BCUT2D eigenvalue weighted by Crippen LogP contribution is -2.11. The van der Waals surface area contributed by atoms with Crippen LogP contribution in [0.25, 0.3) is 21.8 Å². The van der Waals surface area contributed by atoms with Gasteiger partial charge in [-0.05, 0) is 36.4 Å². The molecule has 1 amide bonds. The molecule has 4 aromatic rings. The van der Waals surface area contributed by atoms with Crippen LogP contribution in [0.15, 0.2) is 36.4 Å². The predicted octanol–water partition coefficient (Wildman–Crippen LogP) is 3.23. The Balaban J connectivity index is 0.000000151. The third-order valence-electron chi connectivity index (χ3n) is 3.49. The molecule has 2 aromatic carbocycles. The summed E-state index contributed by atoms with van der Waals surface area (Å²) in [4.78, 5) is 21.5. The van der Waals surface area contributed by atoms with Gasteiger partial charge in [0.05, 0.1) is 11.0 Å². The smallest absolute Gasteiger partial charge is 0.357 e. The number of nitrogens with one attached hydrogen (secondary N) is 2. The first-order valence-corrected chi connectivity index (χ1v) is 7.92. The van der Waals surface area contributed by atoms with Crippen LogP contribution in [-0.4, -0.2) is 37.4 Å². The van der Waals surface area contributed by atoms with Crippen molar-refractivity contribution in [1.82, 2.24) is 20.4 Å². The molecule has 0 unspecified atom stereocenters. The Kier molecular flexibility index (Phi) is 4.79. The molecule has 0 radical (unpaired) electrons. The summed E-state index contributed by atoms with van der Waals surface area (Å²) < 4.78 is 0. The summed E-state index contributed by atoms with van der Waals surface area (Å²) in [5, 5.41) is 23.8. The van der Waals surface area contributed by atoms with Crippen LogP contribution in [0.4, 0.5) is 0 Å². The van der Waals surface area contributed by atoms with Gasteiger partial charge in [0.2, 0.25) is 0 Å². The van der Waals surface area contributed by atoms with E-state index in [9.17, 15) is 9.59 Å². The van der Waals surface area contributed by atoms with Crippen molar-refractivity contribution in [3.05, 3.63) is 57.8 Å². The summed E-state index contributed by atoms with van der Waals surface area (Å²) in [5.74, 6) is -1.60. The Hall–Kier alpha value is -3.10. The Morgan fingerprint density at radius 3 is 1.81 bits per heavy atom. The maximum atomic E-state index is 10.9. The van der Waals surface area contributed by atoms with Gasteiger partial charge in [0.1, 0.15) is 0 Å². The van der Waals surface area contributed by atoms with Gasteiger partial charge in [0, 0.05) is 20.8 Å². The van der Waals surface area contributed by atoms with Gasteiger partial charge >= 0.3 is 5.97 Å². The highest BCUT2D eigenvalue weighted by Crippen LogP contribution is 2.20. The molecule has 0 saturated carbocycles. The number of carboxylic acid groups (broad SMARTS) is 1. The fourth-order valence-corrected chi connectivity index (χ4v) is 2.68. The molecule has 0 fully saturated rings. The first-order chi connectivity index (χ1) is 12.4. The molecule has 0 saturated heterocycles. The second kappa shape index (κ2) is 7.03. The molecular formula is C16H11Cl2N5O3. The number of carboxylic acids is 1. The maximum absolute atomic E-state index is 10.9. The number of nitrogens with zero attached hydrogens (tertiary/aromatic N) is 2. The lowest BCUT2D eigenvalue weighted by Gasteiger charge is -1.91. The van der Waals surface area contributed by atoms with E-state index < -0.39 is 11.9 Å². The number of carbonyl (C=O) groups is 2. The van der Waals surface area contributed by atoms with Gasteiger partial charge in [0.15, 0.2) is 11.4 Å². The SMILES string of the molecule is NC(=O)c1n[nH]c2cc(Cl)ccc12.O=C(O)c1n[nH]c2cc(Cl)ccc12. The molecule has 132 valence electrons. The zero-order valence-corrected chi connectivity index (χ0v) is 14.5. The predicted molar refractivity (Wildman–Crippen MR) is 97.7 cm³/mol. The largest absolute Gasteiger partial charge is 0.476 e. The van der Waals surface area contributed by atoms with E-state index in [0.29, 0.717) is 31.9 Å². The first-order valence-electron chi connectivity index (χ1n) is 7.17. The number of aromatic nitrogens is 4. The number of rotatable bonds is 2. The van der Waals surface area contributed by atoms with Gasteiger partial charge < -0.3 is 10.8 Å². The van der Waals surface area contributed by atoms with Crippen molar-refractivity contribution >= 4 is 56.9 Å². The van der Waals surface area contributed by atoms with Crippen LogP contribution in [0.1, 0.15) is 21.0 Å². The van der Waals surface area contributed by atoms with Gasteiger partial charge in [-0.15, -0.1) is 0 Å². The van der Waals surface area contributed by atoms with Crippen molar-refractivity contribution in [1.29, 1.82) is 0 Å². The highest BCUT2D eigenvalue weighted by atomic mass is 35.5. The number of fused-ring (bicyclic) bond motifs is 2. The van der Waals surface area contributed by atoms with Gasteiger partial charge in [-0.1, -0.05) is 23.2 Å². The zero-order valence-electron chi connectivity index (χ0n) is 13.0. The standard InChI is InChI=1S/C8H6ClN3O.C8H5ClN2O2/c9-4-1-2-5-6(3-4)11-12-7(5)8(10)13;9-4-1-2-5-6(3-4)10-11-7(5)8(12)13/h1-3H,(H2,10,13)(H,11,12);1-3H,(H,10,11)(H,12,13). The van der Waals surface area contributed by atoms with E-state index in [4.69, 9.17) is 34.0 Å². The van der Waals surface area contributed by atoms with Crippen LogP contribution in [0.2, 0.25) is 10.0 Å². The Labute approximate surface area is 155 Å². The number of aromatic carboxylic acids is 1. The molecule has 0 bridgehead atoms. The van der Waals surface area contributed by atoms with Gasteiger partial charge in [-0.2, -0.15) is 10.2 Å². The molecule has 2 aromatic heterocycles. The van der Waals surface area contributed by atoms with E-state index in [2.05, 4.69) is 20.4 Å². The van der Waals surface area contributed by atoms with E-state index >= 15 is 0 Å². The highest BCUT2D eigenvalue weighted by molar-refractivity contribution is 6.31. The summed E-state index contributed by atoms with van der Waals surface area (Å²) in [6.07, 6.45) is 0. The Morgan fingerprint density at radius 1 is 0.885 bits per heavy atom. The quantitative estimate of drug-likeness (QED) is 0.415. The number of aromatic amines is 2. The first kappa shape index (κ1) is 17.7. The molecule has 0 spiro atoms. The van der Waals surface area contributed by atoms with Crippen LogP contribution >= 0.6 is 23.2 Å². The van der Waals surface area contributed by atoms with Crippen LogP contribution < -0.4 is 5.73 Å². The number of primary amides is 1. The summed E-state index contributed by atoms with van der Waals surface area (Å²) in [7, 11) is 0. The fraction of sp³-hybridized carbons (Fsp3) is 0. The number of halogens is 2. The number of hydrogen-bond donors (Lipinski definition) is 4. The van der Waals surface area contributed by atoms with Crippen molar-refractivity contribution in [3.63, 3.8) is 0 Å². The summed E-state index contributed by atoms with van der Waals surface area (Å²) in [5.41, 5.74) is 6.71. The minimum absolute atomic E-state index is 0.0201. The van der Waals surface area contributed by atoms with Gasteiger partial charge in [-0.3, -0.25) is 15.0 Å². The van der Waals surface area contributed by atoms with Crippen LogP contribution in [0, 0.1) is 0 Å². The zero-order chi connectivity index (χ0) is 18.8. The number of amides is 1. The monoisotopic (exact) mass is 391 g/mol. The van der Waals surface area contributed by atoms with E-state index in [1.165, 1.54) is 0 Å². The molecule has 10 heteroatoms. The van der Waals surface area contributed by atoms with Crippen molar-refractivity contribution < 1.29 is 14.7 Å². The molecule has 2 heterocycles. The number of benzene rings is 2. The number of H-pyrrole nitrogens is 2. The Bertz CT molecular complexity index is 1050. The van der Waals surface area contributed by atoms with Crippen LogP contribution in [-0.2, 0) is 0 Å². The summed E-state index contributed by atoms with van der Waals surface area (Å²) in [6.45, 7) is 0. The number of hydrogen-bond acceptors (Lipinski definition) is 4. The Morgan fingerprint density at radius 2 is 1.35 bits per heavy atom. The minimum atomic E-state index is -1.05. The molecule has 5 N–H and O–H groups in total. The van der Waals surface area contributed by atoms with E-state index in [1.807, 2.05) is 0 Å². The molecular weight excluding hydrogens is 381 g/mol. The average Bonchev–Trinajstić information content (AvgIpc) is 3.18. The second-order valence-electron chi connectivity index (χ2n) is 5.19. The molecule has 0 aliphatic carbocycles. The molecule has 0 aliphatic rings. The van der Waals surface area contributed by atoms with E-state index in [0.717, 1.165) is 0 Å². The number of nitrogens with two attached hydrogens (primary N) is 1. The average molecular weight is 392 g/mol. The molecule has 0 aliphatic heterocycles. The topological polar surface area (TPSA) is 138 Å². The molecule has 0 atom stereocenters. The summed E-state index contributed by atoms with van der Waals surface area (Å²) >= 11 is 11.5. The minimum Gasteiger partial charge on any atom is -0.476 e. The van der Waals surface area contributed by atoms with E-state index in [-0.39, 0.29) is 11.4 Å². The van der Waals surface area contributed by atoms with Crippen molar-refractivity contribution in [2.45, 2.75) is 0 Å². The highest BCUT2D eigenvalue weighted by Gasteiger charge is 2.12.